The zero-order valence-corrected chi connectivity index (χ0v) is 11.6. The lowest BCUT2D eigenvalue weighted by Gasteiger charge is -2.03. The monoisotopic (exact) mass is 295 g/mol. The van der Waals surface area contributed by atoms with Crippen LogP contribution in [0.4, 0.5) is 10.1 Å². The van der Waals surface area contributed by atoms with Gasteiger partial charge in [0.15, 0.2) is 0 Å². The van der Waals surface area contributed by atoms with Gasteiger partial charge in [0, 0.05) is 24.7 Å². The van der Waals surface area contributed by atoms with Crippen LogP contribution in [0.3, 0.4) is 0 Å². The molecule has 7 heteroatoms. The first-order valence-corrected chi connectivity index (χ1v) is 6.81. The molecule has 1 heterocycles. The standard InChI is InChI=1S/C13H14FN3O2S/c1-16-9(18)5-6-17-13(19)12-11(15)10-7(14)3-2-4-8(10)20-12/h2-4H,5-6,15H2,1H3,(H,16,18)(H,17,19). The van der Waals surface area contributed by atoms with Crippen LogP contribution in [0.1, 0.15) is 16.1 Å². The van der Waals surface area contributed by atoms with Crippen LogP contribution in [-0.4, -0.2) is 25.4 Å². The molecule has 0 aliphatic rings. The van der Waals surface area contributed by atoms with Gasteiger partial charge in [-0.3, -0.25) is 9.59 Å². The molecule has 2 aromatic rings. The minimum absolute atomic E-state index is 0.139. The maximum Gasteiger partial charge on any atom is 0.263 e. The number of rotatable bonds is 4. The fourth-order valence-corrected chi connectivity index (χ4v) is 2.85. The molecule has 20 heavy (non-hydrogen) atoms. The van der Waals surface area contributed by atoms with Gasteiger partial charge >= 0.3 is 0 Å². The van der Waals surface area contributed by atoms with Crippen molar-refractivity contribution in [2.45, 2.75) is 6.42 Å². The molecule has 0 radical (unpaired) electrons. The molecule has 0 bridgehead atoms. The Bertz CT molecular complexity index is 669. The van der Waals surface area contributed by atoms with Gasteiger partial charge in [0.25, 0.3) is 5.91 Å². The van der Waals surface area contributed by atoms with E-state index in [1.165, 1.54) is 13.1 Å². The Hall–Kier alpha value is -2.15. The fourth-order valence-electron chi connectivity index (χ4n) is 1.79. The zero-order valence-electron chi connectivity index (χ0n) is 10.8. The second-order valence-electron chi connectivity index (χ2n) is 4.14. The third kappa shape index (κ3) is 2.72. The first-order valence-electron chi connectivity index (χ1n) is 6.00. The van der Waals surface area contributed by atoms with Gasteiger partial charge in [-0.25, -0.2) is 4.39 Å². The number of carbonyl (C=O) groups excluding carboxylic acids is 2. The number of halogens is 1. The number of anilines is 1. The van der Waals surface area contributed by atoms with E-state index in [1.54, 1.807) is 12.1 Å². The van der Waals surface area contributed by atoms with Gasteiger partial charge in [0.05, 0.1) is 11.1 Å². The second-order valence-corrected chi connectivity index (χ2v) is 5.19. The Morgan fingerprint density at radius 3 is 2.80 bits per heavy atom. The van der Waals surface area contributed by atoms with Crippen molar-refractivity contribution >= 4 is 38.9 Å². The van der Waals surface area contributed by atoms with Gasteiger partial charge in [-0.15, -0.1) is 11.3 Å². The van der Waals surface area contributed by atoms with Crippen molar-refractivity contribution in [1.29, 1.82) is 0 Å². The fraction of sp³-hybridized carbons (Fsp3) is 0.231. The molecule has 106 valence electrons. The molecule has 2 rings (SSSR count). The Labute approximate surface area is 119 Å². The summed E-state index contributed by atoms with van der Waals surface area (Å²) in [6.07, 6.45) is 0.182. The normalized spacial score (nSPS) is 10.5. The molecule has 4 N–H and O–H groups in total. The summed E-state index contributed by atoms with van der Waals surface area (Å²) < 4.78 is 14.3. The van der Waals surface area contributed by atoms with Crippen LogP contribution >= 0.6 is 11.3 Å². The van der Waals surface area contributed by atoms with Crippen LogP contribution in [0.25, 0.3) is 10.1 Å². The van der Waals surface area contributed by atoms with Gasteiger partial charge in [-0.05, 0) is 12.1 Å². The Kier molecular flexibility index (Phi) is 4.19. The van der Waals surface area contributed by atoms with Crippen molar-refractivity contribution in [3.63, 3.8) is 0 Å². The molecular weight excluding hydrogens is 281 g/mol. The average Bonchev–Trinajstić information content (AvgIpc) is 2.77. The molecule has 5 nitrogen and oxygen atoms in total. The first-order chi connectivity index (χ1) is 9.54. The number of nitrogen functional groups attached to an aromatic ring is 1. The van der Waals surface area contributed by atoms with Crippen LogP contribution in [0.15, 0.2) is 18.2 Å². The van der Waals surface area contributed by atoms with E-state index in [0.717, 1.165) is 11.3 Å². The summed E-state index contributed by atoms with van der Waals surface area (Å²) in [5.74, 6) is -1.01. The topological polar surface area (TPSA) is 84.2 Å². The van der Waals surface area contributed by atoms with E-state index in [2.05, 4.69) is 10.6 Å². The summed E-state index contributed by atoms with van der Waals surface area (Å²) in [5.41, 5.74) is 5.97. The van der Waals surface area contributed by atoms with Crippen LogP contribution < -0.4 is 16.4 Å². The highest BCUT2D eigenvalue weighted by Crippen LogP contribution is 2.35. The minimum atomic E-state index is -0.444. The summed E-state index contributed by atoms with van der Waals surface area (Å²) >= 11 is 1.13. The lowest BCUT2D eigenvalue weighted by Crippen LogP contribution is -2.29. The van der Waals surface area contributed by atoms with Crippen molar-refractivity contribution < 1.29 is 14.0 Å². The molecule has 0 spiro atoms. The number of thiophene rings is 1. The summed E-state index contributed by atoms with van der Waals surface area (Å²) in [6.45, 7) is 0.203. The summed E-state index contributed by atoms with van der Waals surface area (Å²) in [5, 5.41) is 5.32. The quantitative estimate of drug-likeness (QED) is 0.799. The highest BCUT2D eigenvalue weighted by Gasteiger charge is 2.18. The zero-order chi connectivity index (χ0) is 14.7. The van der Waals surface area contributed by atoms with Crippen molar-refractivity contribution in [1.82, 2.24) is 10.6 Å². The summed E-state index contributed by atoms with van der Waals surface area (Å²) in [7, 11) is 1.52. The molecule has 1 aromatic heterocycles. The SMILES string of the molecule is CNC(=O)CCNC(=O)c1sc2cccc(F)c2c1N. The van der Waals surface area contributed by atoms with E-state index in [1.807, 2.05) is 0 Å². The predicted molar refractivity (Wildman–Crippen MR) is 77.2 cm³/mol. The number of amides is 2. The largest absolute Gasteiger partial charge is 0.397 e. The molecule has 1 aromatic carbocycles. The Balaban J connectivity index is 2.17. The van der Waals surface area contributed by atoms with Crippen LogP contribution in [0, 0.1) is 5.82 Å². The van der Waals surface area contributed by atoms with Crippen LogP contribution in [0.5, 0.6) is 0 Å². The number of benzene rings is 1. The number of hydrogen-bond donors (Lipinski definition) is 3. The van der Waals surface area contributed by atoms with Gasteiger partial charge in [0.2, 0.25) is 5.91 Å². The molecule has 0 saturated heterocycles. The van der Waals surface area contributed by atoms with E-state index >= 15 is 0 Å². The van der Waals surface area contributed by atoms with Gasteiger partial charge < -0.3 is 16.4 Å². The van der Waals surface area contributed by atoms with E-state index in [4.69, 9.17) is 5.73 Å². The number of carbonyl (C=O) groups is 2. The third-order valence-corrected chi connectivity index (χ3v) is 3.99. The lowest BCUT2D eigenvalue weighted by molar-refractivity contribution is -0.120. The van der Waals surface area contributed by atoms with Crippen LogP contribution in [-0.2, 0) is 4.79 Å². The number of hydrogen-bond acceptors (Lipinski definition) is 4. The van der Waals surface area contributed by atoms with Crippen molar-refractivity contribution in [2.24, 2.45) is 0 Å². The second kappa shape index (κ2) is 5.87. The smallest absolute Gasteiger partial charge is 0.263 e. The Morgan fingerprint density at radius 2 is 2.15 bits per heavy atom. The van der Waals surface area contributed by atoms with Crippen molar-refractivity contribution in [2.75, 3.05) is 19.3 Å². The van der Waals surface area contributed by atoms with E-state index in [0.29, 0.717) is 4.70 Å². The molecule has 0 fully saturated rings. The van der Waals surface area contributed by atoms with Gasteiger partial charge in [-0.2, -0.15) is 0 Å². The third-order valence-electron chi connectivity index (χ3n) is 2.82. The lowest BCUT2D eigenvalue weighted by atomic mass is 10.2. The average molecular weight is 295 g/mol. The van der Waals surface area contributed by atoms with E-state index in [9.17, 15) is 14.0 Å². The summed E-state index contributed by atoms with van der Waals surface area (Å²) in [6, 6.07) is 4.58. The van der Waals surface area contributed by atoms with Crippen LogP contribution in [0.2, 0.25) is 0 Å². The predicted octanol–water partition coefficient (Wildman–Crippen LogP) is 1.49. The number of nitrogens with one attached hydrogen (secondary N) is 2. The highest BCUT2D eigenvalue weighted by molar-refractivity contribution is 7.21. The Morgan fingerprint density at radius 1 is 1.40 bits per heavy atom. The maximum absolute atomic E-state index is 13.7. The summed E-state index contributed by atoms with van der Waals surface area (Å²) in [4.78, 5) is 23.3. The first kappa shape index (κ1) is 14.3. The highest BCUT2D eigenvalue weighted by atomic mass is 32.1. The molecular formula is C13H14FN3O2S. The van der Waals surface area contributed by atoms with E-state index < -0.39 is 11.7 Å². The molecule has 0 atom stereocenters. The maximum atomic E-state index is 13.7. The van der Waals surface area contributed by atoms with Gasteiger partial charge in [-0.1, -0.05) is 6.07 Å². The molecule has 2 amide bonds. The van der Waals surface area contributed by atoms with Crippen molar-refractivity contribution in [3.05, 3.63) is 28.9 Å². The van der Waals surface area contributed by atoms with Crippen molar-refractivity contribution in [3.8, 4) is 0 Å². The minimum Gasteiger partial charge on any atom is -0.397 e. The molecule has 0 aliphatic heterocycles. The van der Waals surface area contributed by atoms with E-state index in [-0.39, 0.29) is 34.8 Å². The molecule has 0 saturated carbocycles. The number of nitrogens with two attached hydrogens (primary N) is 1. The van der Waals surface area contributed by atoms with Gasteiger partial charge in [0.1, 0.15) is 10.7 Å². The number of fused-ring (bicyclic) bond motifs is 1. The molecule has 0 unspecified atom stereocenters. The molecule has 0 aliphatic carbocycles.